The van der Waals surface area contributed by atoms with Gasteiger partial charge < -0.3 is 14.6 Å². The Morgan fingerprint density at radius 1 is 1.36 bits per heavy atom. The van der Waals surface area contributed by atoms with Crippen molar-refractivity contribution in [3.8, 4) is 5.75 Å². The summed E-state index contributed by atoms with van der Waals surface area (Å²) in [5.41, 5.74) is 1.78. The fraction of sp³-hybridized carbons (Fsp3) is 0.562. The van der Waals surface area contributed by atoms with Crippen molar-refractivity contribution in [1.82, 2.24) is 0 Å². The summed E-state index contributed by atoms with van der Waals surface area (Å²) in [6.45, 7) is 10.4. The van der Waals surface area contributed by atoms with Crippen LogP contribution in [0.2, 0.25) is 13.1 Å². The van der Waals surface area contributed by atoms with Crippen LogP contribution in [0.3, 0.4) is 0 Å². The van der Waals surface area contributed by atoms with Crippen molar-refractivity contribution in [3.05, 3.63) is 26.8 Å². The Balaban J connectivity index is 3.13. The third-order valence-corrected chi connectivity index (χ3v) is 4.98. The van der Waals surface area contributed by atoms with Crippen LogP contribution in [0.4, 0.5) is 0 Å². The standard InChI is InChI=1S/C16H24IO4Si/c1-16(2,3)12-8-14(18)13(17)7-10(12)6-11(15(19)20)9-21-22(4)5/h7-8,11,18H,6,9H2,1-5H3,(H,19,20). The first-order valence-electron chi connectivity index (χ1n) is 7.20. The topological polar surface area (TPSA) is 66.8 Å². The lowest BCUT2D eigenvalue weighted by Crippen LogP contribution is -2.26. The first-order chi connectivity index (χ1) is 10.0. The number of aliphatic carboxylic acids is 1. The zero-order valence-corrected chi connectivity index (χ0v) is 16.9. The predicted molar refractivity (Wildman–Crippen MR) is 97.8 cm³/mol. The van der Waals surface area contributed by atoms with Gasteiger partial charge in [0.15, 0.2) is 0 Å². The van der Waals surface area contributed by atoms with Gasteiger partial charge in [-0.15, -0.1) is 0 Å². The molecule has 0 spiro atoms. The van der Waals surface area contributed by atoms with Crippen molar-refractivity contribution in [2.45, 2.75) is 45.7 Å². The van der Waals surface area contributed by atoms with E-state index in [-0.39, 0.29) is 17.8 Å². The molecular formula is C16H24IO4Si. The molecule has 0 bridgehead atoms. The number of hydrogen-bond donors (Lipinski definition) is 2. The van der Waals surface area contributed by atoms with Gasteiger partial charge in [-0.3, -0.25) is 4.79 Å². The summed E-state index contributed by atoms with van der Waals surface area (Å²) < 4.78 is 6.32. The maximum absolute atomic E-state index is 11.5. The second-order valence-electron chi connectivity index (χ2n) is 6.67. The molecule has 0 fully saturated rings. The number of phenolic OH excluding ortho intramolecular Hbond substituents is 1. The Morgan fingerprint density at radius 3 is 2.41 bits per heavy atom. The maximum Gasteiger partial charge on any atom is 0.309 e. The number of carboxylic acid groups (broad SMARTS) is 1. The molecule has 1 rings (SSSR count). The highest BCUT2D eigenvalue weighted by molar-refractivity contribution is 14.1. The average Bonchev–Trinajstić information content (AvgIpc) is 2.36. The van der Waals surface area contributed by atoms with Crippen molar-refractivity contribution in [2.75, 3.05) is 6.61 Å². The molecular weight excluding hydrogens is 411 g/mol. The van der Waals surface area contributed by atoms with Crippen LogP contribution in [-0.4, -0.2) is 31.8 Å². The van der Waals surface area contributed by atoms with Crippen LogP contribution in [-0.2, 0) is 21.1 Å². The second kappa shape index (κ2) is 7.78. The number of carboxylic acids is 1. The zero-order chi connectivity index (χ0) is 17.1. The van der Waals surface area contributed by atoms with E-state index >= 15 is 0 Å². The van der Waals surface area contributed by atoms with Crippen LogP contribution in [0.25, 0.3) is 0 Å². The number of hydrogen-bond acceptors (Lipinski definition) is 3. The van der Waals surface area contributed by atoms with Crippen LogP contribution in [0.5, 0.6) is 5.75 Å². The second-order valence-corrected chi connectivity index (χ2v) is 9.94. The largest absolute Gasteiger partial charge is 0.507 e. The molecule has 1 atom stereocenters. The summed E-state index contributed by atoms with van der Waals surface area (Å²) in [6, 6.07) is 3.64. The van der Waals surface area contributed by atoms with Gasteiger partial charge in [-0.2, -0.15) is 0 Å². The molecule has 1 radical (unpaired) electrons. The van der Waals surface area contributed by atoms with Crippen LogP contribution in [0.1, 0.15) is 31.9 Å². The Bertz CT molecular complexity index is 538. The lowest BCUT2D eigenvalue weighted by Gasteiger charge is -2.25. The molecule has 1 unspecified atom stereocenters. The molecule has 4 nitrogen and oxygen atoms in total. The molecule has 2 N–H and O–H groups in total. The lowest BCUT2D eigenvalue weighted by atomic mass is 9.81. The van der Waals surface area contributed by atoms with E-state index in [2.05, 4.69) is 43.4 Å². The van der Waals surface area contributed by atoms with Crippen molar-refractivity contribution in [2.24, 2.45) is 5.92 Å². The zero-order valence-electron chi connectivity index (χ0n) is 13.7. The molecule has 0 aliphatic rings. The highest BCUT2D eigenvalue weighted by atomic mass is 127. The summed E-state index contributed by atoms with van der Waals surface area (Å²) >= 11 is 2.07. The van der Waals surface area contributed by atoms with Gasteiger partial charge in [0.1, 0.15) is 5.75 Å². The smallest absolute Gasteiger partial charge is 0.309 e. The number of carbonyl (C=O) groups is 1. The maximum atomic E-state index is 11.5. The SMILES string of the molecule is C[Si](C)OCC(Cc1cc(I)c(O)cc1C(C)(C)C)C(=O)O. The van der Waals surface area contributed by atoms with Gasteiger partial charge in [0.25, 0.3) is 0 Å². The van der Waals surface area contributed by atoms with E-state index in [1.54, 1.807) is 6.07 Å². The highest BCUT2D eigenvalue weighted by Crippen LogP contribution is 2.33. The Labute approximate surface area is 147 Å². The molecule has 0 aliphatic heterocycles. The molecule has 123 valence electrons. The molecule has 6 heteroatoms. The number of rotatable bonds is 6. The Hall–Kier alpha value is -0.603. The van der Waals surface area contributed by atoms with E-state index in [1.165, 1.54) is 0 Å². The summed E-state index contributed by atoms with van der Waals surface area (Å²) in [7, 11) is -0.912. The lowest BCUT2D eigenvalue weighted by molar-refractivity contribution is -0.142. The van der Waals surface area contributed by atoms with Crippen LogP contribution in [0, 0.1) is 9.49 Å². The quantitative estimate of drug-likeness (QED) is 0.527. The van der Waals surface area contributed by atoms with E-state index in [0.29, 0.717) is 6.42 Å². The third-order valence-electron chi connectivity index (χ3n) is 3.37. The van der Waals surface area contributed by atoms with Crippen LogP contribution in [0.15, 0.2) is 12.1 Å². The van der Waals surface area contributed by atoms with Gasteiger partial charge >= 0.3 is 5.97 Å². The van der Waals surface area contributed by atoms with Gasteiger partial charge in [0.05, 0.1) is 9.49 Å². The van der Waals surface area contributed by atoms with E-state index in [4.69, 9.17) is 4.43 Å². The fourth-order valence-electron chi connectivity index (χ4n) is 2.22. The van der Waals surface area contributed by atoms with E-state index in [9.17, 15) is 15.0 Å². The molecule has 0 amide bonds. The molecule has 22 heavy (non-hydrogen) atoms. The predicted octanol–water partition coefficient (Wildman–Crippen LogP) is 3.81. The highest BCUT2D eigenvalue weighted by Gasteiger charge is 2.25. The van der Waals surface area contributed by atoms with Gasteiger partial charge in [-0.1, -0.05) is 20.8 Å². The van der Waals surface area contributed by atoms with Gasteiger partial charge in [0.2, 0.25) is 9.04 Å². The molecule has 0 aromatic heterocycles. The summed E-state index contributed by atoms with van der Waals surface area (Å²) in [4.78, 5) is 11.5. The van der Waals surface area contributed by atoms with Crippen molar-refractivity contribution < 1.29 is 19.4 Å². The Morgan fingerprint density at radius 2 is 1.95 bits per heavy atom. The third kappa shape index (κ3) is 5.55. The molecule has 0 saturated heterocycles. The van der Waals surface area contributed by atoms with Crippen LogP contribution >= 0.6 is 22.6 Å². The number of benzene rings is 1. The minimum atomic E-state index is -0.912. The number of halogens is 1. The fourth-order valence-corrected chi connectivity index (χ4v) is 3.29. The average molecular weight is 435 g/mol. The minimum Gasteiger partial charge on any atom is -0.507 e. The van der Waals surface area contributed by atoms with E-state index < -0.39 is 20.9 Å². The normalized spacial score (nSPS) is 13.4. The number of phenols is 1. The van der Waals surface area contributed by atoms with Crippen molar-refractivity contribution in [3.63, 3.8) is 0 Å². The van der Waals surface area contributed by atoms with E-state index in [1.807, 2.05) is 19.2 Å². The monoisotopic (exact) mass is 435 g/mol. The first-order valence-corrected chi connectivity index (χ1v) is 10.7. The van der Waals surface area contributed by atoms with E-state index in [0.717, 1.165) is 14.7 Å². The van der Waals surface area contributed by atoms with Crippen molar-refractivity contribution in [1.29, 1.82) is 0 Å². The summed E-state index contributed by atoms with van der Waals surface area (Å²) in [5.74, 6) is -1.17. The minimum absolute atomic E-state index is 0.161. The van der Waals surface area contributed by atoms with Gasteiger partial charge in [-0.25, -0.2) is 0 Å². The Kier molecular flexibility index (Phi) is 6.88. The van der Waals surface area contributed by atoms with Crippen molar-refractivity contribution >= 4 is 37.6 Å². The molecule has 0 saturated carbocycles. The summed E-state index contributed by atoms with van der Waals surface area (Å²) in [6.07, 6.45) is 0.410. The summed E-state index contributed by atoms with van der Waals surface area (Å²) in [5, 5.41) is 19.4. The van der Waals surface area contributed by atoms with Gasteiger partial charge in [-0.05, 0) is 70.8 Å². The molecule has 1 aromatic rings. The van der Waals surface area contributed by atoms with Gasteiger partial charge in [0, 0.05) is 6.61 Å². The molecule has 0 heterocycles. The van der Waals surface area contributed by atoms with Crippen LogP contribution < -0.4 is 0 Å². The first kappa shape index (κ1) is 19.4. The molecule has 1 aromatic carbocycles. The molecule has 0 aliphatic carbocycles. The number of aromatic hydroxyl groups is 1.